The molecule has 112 valence electrons. The van der Waals surface area contributed by atoms with E-state index in [0.717, 1.165) is 12.3 Å². The van der Waals surface area contributed by atoms with Gasteiger partial charge in [-0.3, -0.25) is 0 Å². The van der Waals surface area contributed by atoms with Gasteiger partial charge in [0.2, 0.25) is 0 Å². The van der Waals surface area contributed by atoms with E-state index in [2.05, 4.69) is 63.3 Å². The van der Waals surface area contributed by atoms with Crippen LogP contribution in [0.4, 0.5) is 0 Å². The zero-order valence-corrected chi connectivity index (χ0v) is 13.4. The summed E-state index contributed by atoms with van der Waals surface area (Å²) in [5.41, 5.74) is 2.07. The first-order valence-corrected chi connectivity index (χ1v) is 7.76. The van der Waals surface area contributed by atoms with Gasteiger partial charge in [0.05, 0.1) is 12.3 Å². The minimum absolute atomic E-state index is 0.133. The zero-order chi connectivity index (χ0) is 15.1. The summed E-state index contributed by atoms with van der Waals surface area (Å²) in [6, 6.07) is 14.7. The fourth-order valence-electron chi connectivity index (χ4n) is 3.56. The highest BCUT2D eigenvalue weighted by molar-refractivity contribution is 5.26. The van der Waals surface area contributed by atoms with Gasteiger partial charge in [-0.15, -0.1) is 0 Å². The van der Waals surface area contributed by atoms with E-state index in [0.29, 0.717) is 16.7 Å². The highest BCUT2D eigenvalue weighted by atomic mass is 16.3. The van der Waals surface area contributed by atoms with Crippen LogP contribution in [0, 0.1) is 16.7 Å². The Morgan fingerprint density at radius 3 is 2.19 bits per heavy atom. The van der Waals surface area contributed by atoms with Crippen molar-refractivity contribution in [2.24, 2.45) is 16.7 Å². The molecule has 0 saturated heterocycles. The summed E-state index contributed by atoms with van der Waals surface area (Å²) in [5, 5.41) is 3.72. The van der Waals surface area contributed by atoms with Gasteiger partial charge in [-0.1, -0.05) is 58.0 Å². The van der Waals surface area contributed by atoms with Gasteiger partial charge in [0.15, 0.2) is 0 Å². The lowest BCUT2D eigenvalue weighted by atomic mass is 10.0. The molecule has 1 aromatic carbocycles. The molecule has 1 heterocycles. The molecule has 1 atom stereocenters. The normalized spacial score (nSPS) is 21.1. The van der Waals surface area contributed by atoms with Crippen LogP contribution in [0.25, 0.3) is 0 Å². The maximum atomic E-state index is 5.64. The molecular formula is C19H25NO. The Morgan fingerprint density at radius 2 is 1.67 bits per heavy atom. The summed E-state index contributed by atoms with van der Waals surface area (Å²) in [7, 11) is 0. The molecule has 1 saturated carbocycles. The molecule has 0 bridgehead atoms. The van der Waals surface area contributed by atoms with Crippen molar-refractivity contribution in [3.05, 3.63) is 60.1 Å². The van der Waals surface area contributed by atoms with Gasteiger partial charge in [-0.25, -0.2) is 0 Å². The van der Waals surface area contributed by atoms with Gasteiger partial charge in [0, 0.05) is 6.54 Å². The van der Waals surface area contributed by atoms with Crippen LogP contribution in [0.3, 0.4) is 0 Å². The van der Waals surface area contributed by atoms with E-state index < -0.39 is 0 Å². The lowest BCUT2D eigenvalue weighted by Gasteiger charge is -2.18. The van der Waals surface area contributed by atoms with E-state index in [4.69, 9.17) is 4.42 Å². The van der Waals surface area contributed by atoms with E-state index >= 15 is 0 Å². The third kappa shape index (κ3) is 2.42. The van der Waals surface area contributed by atoms with Crippen LogP contribution in [0.1, 0.15) is 45.1 Å². The Kier molecular flexibility index (Phi) is 3.45. The zero-order valence-electron chi connectivity index (χ0n) is 13.4. The topological polar surface area (TPSA) is 25.2 Å². The molecule has 1 aromatic heterocycles. The Hall–Kier alpha value is -1.54. The first-order valence-electron chi connectivity index (χ1n) is 7.76. The van der Waals surface area contributed by atoms with E-state index in [1.807, 2.05) is 12.1 Å². The van der Waals surface area contributed by atoms with Gasteiger partial charge >= 0.3 is 0 Å². The molecule has 0 spiro atoms. The van der Waals surface area contributed by atoms with Crippen molar-refractivity contribution in [3.63, 3.8) is 0 Å². The van der Waals surface area contributed by atoms with Crippen LogP contribution in [-0.2, 0) is 0 Å². The van der Waals surface area contributed by atoms with Crippen molar-refractivity contribution in [1.29, 1.82) is 0 Å². The molecule has 1 unspecified atom stereocenters. The molecular weight excluding hydrogens is 258 g/mol. The van der Waals surface area contributed by atoms with Crippen molar-refractivity contribution in [1.82, 2.24) is 5.32 Å². The van der Waals surface area contributed by atoms with Crippen LogP contribution < -0.4 is 5.32 Å². The Balaban J connectivity index is 1.76. The van der Waals surface area contributed by atoms with Crippen molar-refractivity contribution >= 4 is 0 Å². The van der Waals surface area contributed by atoms with Gasteiger partial charge in [-0.05, 0) is 34.4 Å². The quantitative estimate of drug-likeness (QED) is 0.864. The smallest absolute Gasteiger partial charge is 0.125 e. The fourth-order valence-corrected chi connectivity index (χ4v) is 3.56. The standard InChI is InChI=1S/C19H25NO/c1-18(2)16(19(18,3)4)13-20-17(15-11-8-12-21-15)14-9-6-5-7-10-14/h5-12,16-17,20H,13H2,1-4H3. The molecule has 21 heavy (non-hydrogen) atoms. The third-order valence-electron chi connectivity index (χ3n) is 5.81. The molecule has 2 heteroatoms. The minimum atomic E-state index is 0.133. The second-order valence-corrected chi connectivity index (χ2v) is 7.26. The molecule has 0 radical (unpaired) electrons. The van der Waals surface area contributed by atoms with Gasteiger partial charge in [-0.2, -0.15) is 0 Å². The third-order valence-corrected chi connectivity index (χ3v) is 5.81. The van der Waals surface area contributed by atoms with Crippen LogP contribution in [-0.4, -0.2) is 6.54 Å². The maximum absolute atomic E-state index is 5.64. The summed E-state index contributed by atoms with van der Waals surface area (Å²) >= 11 is 0. The van der Waals surface area contributed by atoms with E-state index in [1.165, 1.54) is 5.56 Å². The number of furan rings is 1. The average molecular weight is 283 g/mol. The predicted molar refractivity (Wildman–Crippen MR) is 86.0 cm³/mol. The summed E-state index contributed by atoms with van der Waals surface area (Å²) in [4.78, 5) is 0. The largest absolute Gasteiger partial charge is 0.467 e. The van der Waals surface area contributed by atoms with Crippen LogP contribution >= 0.6 is 0 Å². The Labute approximate surface area is 127 Å². The lowest BCUT2D eigenvalue weighted by molar-refractivity contribution is 0.425. The van der Waals surface area contributed by atoms with Crippen molar-refractivity contribution in [2.75, 3.05) is 6.54 Å². The van der Waals surface area contributed by atoms with Crippen molar-refractivity contribution < 1.29 is 4.42 Å². The number of nitrogens with one attached hydrogen (secondary N) is 1. The molecule has 1 fully saturated rings. The second-order valence-electron chi connectivity index (χ2n) is 7.26. The highest BCUT2D eigenvalue weighted by Crippen LogP contribution is 2.68. The molecule has 0 aliphatic heterocycles. The summed E-state index contributed by atoms with van der Waals surface area (Å²) in [5.74, 6) is 1.68. The Bertz CT molecular complexity index is 569. The fraction of sp³-hybridized carbons (Fsp3) is 0.474. The van der Waals surface area contributed by atoms with Crippen molar-refractivity contribution in [2.45, 2.75) is 33.7 Å². The second kappa shape index (κ2) is 5.03. The lowest BCUT2D eigenvalue weighted by Crippen LogP contribution is -2.25. The van der Waals surface area contributed by atoms with Gasteiger partial charge in [0.1, 0.15) is 5.76 Å². The highest BCUT2D eigenvalue weighted by Gasteiger charge is 2.63. The first kappa shape index (κ1) is 14.4. The minimum Gasteiger partial charge on any atom is -0.467 e. The number of rotatable bonds is 5. The molecule has 1 N–H and O–H groups in total. The van der Waals surface area contributed by atoms with Crippen LogP contribution in [0.2, 0.25) is 0 Å². The Morgan fingerprint density at radius 1 is 1.00 bits per heavy atom. The van der Waals surface area contributed by atoms with E-state index in [9.17, 15) is 0 Å². The van der Waals surface area contributed by atoms with Crippen LogP contribution in [0.5, 0.6) is 0 Å². The van der Waals surface area contributed by atoms with Gasteiger partial charge < -0.3 is 9.73 Å². The van der Waals surface area contributed by atoms with E-state index in [-0.39, 0.29) is 6.04 Å². The average Bonchev–Trinajstić information content (AvgIpc) is 2.85. The first-order chi connectivity index (χ1) is 9.94. The number of hydrogen-bond donors (Lipinski definition) is 1. The summed E-state index contributed by atoms with van der Waals surface area (Å²) < 4.78 is 5.64. The molecule has 0 amide bonds. The van der Waals surface area contributed by atoms with Crippen LogP contribution in [0.15, 0.2) is 53.1 Å². The monoisotopic (exact) mass is 283 g/mol. The SMILES string of the molecule is CC1(C)C(CNC(c2ccccc2)c2ccco2)C1(C)C. The maximum Gasteiger partial charge on any atom is 0.125 e. The molecule has 1 aliphatic rings. The number of benzene rings is 1. The van der Waals surface area contributed by atoms with Gasteiger partial charge in [0.25, 0.3) is 0 Å². The number of hydrogen-bond acceptors (Lipinski definition) is 2. The summed E-state index contributed by atoms with van der Waals surface area (Å²) in [6.45, 7) is 10.5. The molecule has 1 aliphatic carbocycles. The van der Waals surface area contributed by atoms with E-state index in [1.54, 1.807) is 6.26 Å². The predicted octanol–water partition coefficient (Wildman–Crippen LogP) is 4.64. The summed E-state index contributed by atoms with van der Waals surface area (Å²) in [6.07, 6.45) is 1.75. The molecule has 3 rings (SSSR count). The molecule has 2 aromatic rings. The molecule has 2 nitrogen and oxygen atoms in total. The van der Waals surface area contributed by atoms with Crippen molar-refractivity contribution in [3.8, 4) is 0 Å².